The summed E-state index contributed by atoms with van der Waals surface area (Å²) in [5.74, 6) is -0.866. The largest absolute Gasteiger partial charge is 0.494 e. The van der Waals surface area contributed by atoms with Crippen LogP contribution in [0.5, 0.6) is 5.75 Å². The minimum Gasteiger partial charge on any atom is -0.494 e. The van der Waals surface area contributed by atoms with E-state index in [9.17, 15) is 8.78 Å². The fourth-order valence-electron chi connectivity index (χ4n) is 5.72. The Kier molecular flexibility index (Phi) is 7.82. The van der Waals surface area contributed by atoms with Crippen molar-refractivity contribution in [1.29, 1.82) is 0 Å². The van der Waals surface area contributed by atoms with E-state index in [1.165, 1.54) is 56.6 Å². The Morgan fingerprint density at radius 3 is 1.68 bits per heavy atom. The lowest BCUT2D eigenvalue weighted by Crippen LogP contribution is -2.03. The Morgan fingerprint density at radius 1 is 0.568 bits per heavy atom. The van der Waals surface area contributed by atoms with Crippen molar-refractivity contribution in [3.63, 3.8) is 0 Å². The van der Waals surface area contributed by atoms with Crippen LogP contribution in [0.1, 0.15) is 50.9 Å². The average Bonchev–Trinajstić information content (AvgIpc) is 2.79. The number of aryl methyl sites for hydroxylation is 7. The Hall–Kier alpha value is -3.46. The molecule has 0 fully saturated rings. The van der Waals surface area contributed by atoms with E-state index in [0.717, 1.165) is 35.3 Å². The second-order valence-electron chi connectivity index (χ2n) is 10.4. The van der Waals surface area contributed by atoms with E-state index < -0.39 is 11.6 Å². The van der Waals surface area contributed by atoms with Crippen molar-refractivity contribution in [1.82, 2.24) is 0 Å². The van der Waals surface area contributed by atoms with Crippen LogP contribution in [-0.2, 0) is 6.42 Å². The topological polar surface area (TPSA) is 9.23 Å². The van der Waals surface area contributed by atoms with Crippen molar-refractivity contribution in [2.24, 2.45) is 0 Å². The SMILES string of the molecule is Cc1cc(C)c(-c2cc(C)c(CCCOc3cc(C)c(-c4ccc(F)c(F)c4)c(C)c3)c(C)c2)c(C)c1. The molecule has 0 aliphatic carbocycles. The van der Waals surface area contributed by atoms with E-state index >= 15 is 0 Å². The second kappa shape index (κ2) is 10.9. The maximum atomic E-state index is 13.8. The van der Waals surface area contributed by atoms with Crippen LogP contribution < -0.4 is 4.74 Å². The number of hydrogen-bond acceptors (Lipinski definition) is 1. The van der Waals surface area contributed by atoms with Crippen molar-refractivity contribution in [2.75, 3.05) is 6.61 Å². The monoisotopic (exact) mass is 498 g/mol. The minimum absolute atomic E-state index is 0.611. The molecule has 0 bridgehead atoms. The highest BCUT2D eigenvalue weighted by atomic mass is 19.2. The van der Waals surface area contributed by atoms with Crippen molar-refractivity contribution in [2.45, 2.75) is 61.3 Å². The molecule has 1 nitrogen and oxygen atoms in total. The number of ether oxygens (including phenoxy) is 1. The summed E-state index contributed by atoms with van der Waals surface area (Å²) < 4.78 is 33.2. The maximum absolute atomic E-state index is 13.8. The van der Waals surface area contributed by atoms with Crippen molar-refractivity contribution in [3.05, 3.63) is 111 Å². The quantitative estimate of drug-likeness (QED) is 0.231. The summed E-state index contributed by atoms with van der Waals surface area (Å²) >= 11 is 0. The Labute approximate surface area is 220 Å². The van der Waals surface area contributed by atoms with Gasteiger partial charge in [0.1, 0.15) is 5.75 Å². The number of rotatable bonds is 7. The normalized spacial score (nSPS) is 11.2. The first-order chi connectivity index (χ1) is 17.5. The highest BCUT2D eigenvalue weighted by Crippen LogP contribution is 2.33. The molecular weight excluding hydrogens is 462 g/mol. The molecule has 0 unspecified atom stereocenters. The maximum Gasteiger partial charge on any atom is 0.159 e. The Balaban J connectivity index is 1.44. The van der Waals surface area contributed by atoms with Gasteiger partial charge in [-0.15, -0.1) is 0 Å². The van der Waals surface area contributed by atoms with Gasteiger partial charge >= 0.3 is 0 Å². The molecule has 0 heterocycles. The third-order valence-corrected chi connectivity index (χ3v) is 7.22. The van der Waals surface area contributed by atoms with Crippen LogP contribution in [0.3, 0.4) is 0 Å². The molecule has 0 saturated carbocycles. The molecule has 4 rings (SSSR count). The van der Waals surface area contributed by atoms with Gasteiger partial charge in [-0.05, 0) is 147 Å². The molecule has 0 spiro atoms. The van der Waals surface area contributed by atoms with Crippen LogP contribution in [0.4, 0.5) is 8.78 Å². The summed E-state index contributed by atoms with van der Waals surface area (Å²) in [7, 11) is 0. The lowest BCUT2D eigenvalue weighted by Gasteiger charge is -2.17. The highest BCUT2D eigenvalue weighted by molar-refractivity contribution is 5.73. The van der Waals surface area contributed by atoms with Crippen LogP contribution >= 0.6 is 0 Å². The first-order valence-corrected chi connectivity index (χ1v) is 12.9. The molecule has 0 radical (unpaired) electrons. The van der Waals surface area contributed by atoms with E-state index in [0.29, 0.717) is 12.2 Å². The van der Waals surface area contributed by atoms with E-state index in [2.05, 4.69) is 58.9 Å². The number of hydrogen-bond donors (Lipinski definition) is 0. The molecule has 4 aromatic rings. The van der Waals surface area contributed by atoms with Crippen molar-refractivity contribution < 1.29 is 13.5 Å². The first kappa shape index (κ1) is 26.6. The predicted molar refractivity (Wildman–Crippen MR) is 151 cm³/mol. The van der Waals surface area contributed by atoms with Gasteiger partial charge in [0.15, 0.2) is 11.6 Å². The molecule has 0 aliphatic heterocycles. The zero-order valence-corrected chi connectivity index (χ0v) is 23.0. The lowest BCUT2D eigenvalue weighted by atomic mass is 9.89. The lowest BCUT2D eigenvalue weighted by molar-refractivity contribution is 0.310. The fraction of sp³-hybridized carbons (Fsp3) is 0.294. The molecule has 4 aromatic carbocycles. The summed E-state index contributed by atoms with van der Waals surface area (Å²) in [4.78, 5) is 0. The summed E-state index contributed by atoms with van der Waals surface area (Å²) in [6, 6.07) is 17.1. The van der Waals surface area contributed by atoms with Crippen molar-refractivity contribution in [3.8, 4) is 28.0 Å². The van der Waals surface area contributed by atoms with Gasteiger partial charge in [-0.25, -0.2) is 8.78 Å². The van der Waals surface area contributed by atoms with Gasteiger partial charge in [0.25, 0.3) is 0 Å². The fourth-order valence-corrected chi connectivity index (χ4v) is 5.72. The van der Waals surface area contributed by atoms with Crippen LogP contribution in [0.2, 0.25) is 0 Å². The number of benzene rings is 4. The molecule has 0 N–H and O–H groups in total. The van der Waals surface area contributed by atoms with Gasteiger partial charge in [-0.3, -0.25) is 0 Å². The standard InChI is InChI=1S/C34H36F2O/c1-20-13-23(4)34(24(5)14-20)28-15-21(2)30(22(3)16-28)9-8-12-37-29-17-25(6)33(26(7)18-29)27-10-11-31(35)32(36)19-27/h10-11,13-19H,8-9,12H2,1-7H3. The number of halogens is 2. The van der Waals surface area contributed by atoms with E-state index in [4.69, 9.17) is 4.74 Å². The van der Waals surface area contributed by atoms with Gasteiger partial charge in [-0.2, -0.15) is 0 Å². The smallest absolute Gasteiger partial charge is 0.159 e. The first-order valence-electron chi connectivity index (χ1n) is 12.9. The van der Waals surface area contributed by atoms with Gasteiger partial charge < -0.3 is 4.74 Å². The molecule has 192 valence electrons. The summed E-state index contributed by atoms with van der Waals surface area (Å²) in [6.07, 6.45) is 1.86. The van der Waals surface area contributed by atoms with Crippen molar-refractivity contribution >= 4 is 0 Å². The van der Waals surface area contributed by atoms with Gasteiger partial charge in [0.2, 0.25) is 0 Å². The predicted octanol–water partition coefficient (Wildman–Crippen LogP) is 9.47. The Morgan fingerprint density at radius 2 is 1.11 bits per heavy atom. The van der Waals surface area contributed by atoms with E-state index in [1.54, 1.807) is 6.07 Å². The van der Waals surface area contributed by atoms with Gasteiger partial charge in [-0.1, -0.05) is 35.9 Å². The molecule has 0 atom stereocenters. The van der Waals surface area contributed by atoms with Gasteiger partial charge in [0, 0.05) is 0 Å². The average molecular weight is 499 g/mol. The van der Waals surface area contributed by atoms with E-state index in [-0.39, 0.29) is 0 Å². The third-order valence-electron chi connectivity index (χ3n) is 7.22. The van der Waals surface area contributed by atoms with Crippen LogP contribution in [-0.4, -0.2) is 6.61 Å². The van der Waals surface area contributed by atoms with Crippen LogP contribution in [0.25, 0.3) is 22.3 Å². The molecule has 3 heteroatoms. The zero-order valence-electron chi connectivity index (χ0n) is 23.0. The molecule has 0 aromatic heterocycles. The molecule has 0 amide bonds. The third kappa shape index (κ3) is 5.77. The molecule has 0 saturated heterocycles. The summed E-state index contributed by atoms with van der Waals surface area (Å²) in [6.45, 7) is 15.5. The molecule has 0 aliphatic rings. The summed E-state index contributed by atoms with van der Waals surface area (Å²) in [5.41, 5.74) is 14.1. The molecular formula is C34H36F2O. The second-order valence-corrected chi connectivity index (χ2v) is 10.4. The van der Waals surface area contributed by atoms with Gasteiger partial charge in [0.05, 0.1) is 6.61 Å². The van der Waals surface area contributed by atoms with Crippen LogP contribution in [0.15, 0.2) is 54.6 Å². The van der Waals surface area contributed by atoms with E-state index in [1.807, 2.05) is 26.0 Å². The minimum atomic E-state index is -0.834. The summed E-state index contributed by atoms with van der Waals surface area (Å²) in [5, 5.41) is 0. The van der Waals surface area contributed by atoms with Crippen LogP contribution in [0, 0.1) is 60.1 Å². The highest BCUT2D eigenvalue weighted by Gasteiger charge is 2.13. The Bertz CT molecular complexity index is 1400. The molecule has 37 heavy (non-hydrogen) atoms. The zero-order chi connectivity index (χ0) is 26.9.